The van der Waals surface area contributed by atoms with Gasteiger partial charge in [0.2, 0.25) is 0 Å². The molecule has 1 rings (SSSR count). The first-order chi connectivity index (χ1) is 6.74. The molecule has 3 nitrogen and oxygen atoms in total. The Kier molecular flexibility index (Phi) is 4.90. The van der Waals surface area contributed by atoms with E-state index < -0.39 is 0 Å². The van der Waals surface area contributed by atoms with Crippen LogP contribution in [0.5, 0.6) is 0 Å². The molecule has 14 heavy (non-hydrogen) atoms. The second-order valence-corrected chi connectivity index (χ2v) is 4.38. The lowest BCUT2D eigenvalue weighted by Gasteiger charge is -2.05. The predicted molar refractivity (Wildman–Crippen MR) is 63.1 cm³/mol. The maximum atomic E-state index is 4.49. The second kappa shape index (κ2) is 5.98. The van der Waals surface area contributed by atoms with Crippen LogP contribution in [0.3, 0.4) is 0 Å². The Balaban J connectivity index is 2.29. The Morgan fingerprint density at radius 2 is 2.29 bits per heavy atom. The molecule has 1 aromatic rings. The van der Waals surface area contributed by atoms with E-state index in [1.165, 1.54) is 12.8 Å². The van der Waals surface area contributed by atoms with Gasteiger partial charge in [0.1, 0.15) is 0 Å². The van der Waals surface area contributed by atoms with Crippen LogP contribution in [-0.4, -0.2) is 25.6 Å². The highest BCUT2D eigenvalue weighted by Crippen LogP contribution is 2.17. The largest absolute Gasteiger partial charge is 0.354 e. The van der Waals surface area contributed by atoms with Crippen molar-refractivity contribution in [2.45, 2.75) is 26.3 Å². The van der Waals surface area contributed by atoms with E-state index in [9.17, 15) is 0 Å². The van der Waals surface area contributed by atoms with E-state index in [1.54, 1.807) is 11.3 Å². The number of thiazole rings is 1. The molecule has 0 aliphatic carbocycles. The van der Waals surface area contributed by atoms with Gasteiger partial charge < -0.3 is 10.2 Å². The highest BCUT2D eigenvalue weighted by molar-refractivity contribution is 7.13. The molecule has 1 heterocycles. The average Bonchev–Trinajstić information content (AvgIpc) is 2.61. The van der Waals surface area contributed by atoms with Gasteiger partial charge in [0.25, 0.3) is 0 Å². The van der Waals surface area contributed by atoms with Gasteiger partial charge in [-0.05, 0) is 13.0 Å². The number of hydrogen-bond donors (Lipinski definition) is 1. The molecule has 0 bridgehead atoms. The van der Waals surface area contributed by atoms with Gasteiger partial charge in [-0.1, -0.05) is 13.3 Å². The SMILES string of the molecule is CCCCNCc1csc(N(C)C)n1. The maximum Gasteiger partial charge on any atom is 0.185 e. The van der Waals surface area contributed by atoms with Crippen molar-refractivity contribution in [3.8, 4) is 0 Å². The summed E-state index contributed by atoms with van der Waals surface area (Å²) in [6.45, 7) is 4.18. The summed E-state index contributed by atoms with van der Waals surface area (Å²) in [4.78, 5) is 6.53. The van der Waals surface area contributed by atoms with E-state index in [0.717, 1.165) is 23.9 Å². The monoisotopic (exact) mass is 213 g/mol. The molecule has 0 spiro atoms. The average molecular weight is 213 g/mol. The molecule has 0 aromatic carbocycles. The highest BCUT2D eigenvalue weighted by Gasteiger charge is 2.02. The van der Waals surface area contributed by atoms with Gasteiger partial charge in [0.05, 0.1) is 5.69 Å². The van der Waals surface area contributed by atoms with Gasteiger partial charge in [0.15, 0.2) is 5.13 Å². The van der Waals surface area contributed by atoms with E-state index in [-0.39, 0.29) is 0 Å². The van der Waals surface area contributed by atoms with Crippen LogP contribution < -0.4 is 10.2 Å². The van der Waals surface area contributed by atoms with Crippen LogP contribution in [0.4, 0.5) is 5.13 Å². The van der Waals surface area contributed by atoms with Crippen LogP contribution in [0, 0.1) is 0 Å². The zero-order valence-corrected chi connectivity index (χ0v) is 10.0. The summed E-state index contributed by atoms with van der Waals surface area (Å²) < 4.78 is 0. The van der Waals surface area contributed by atoms with Gasteiger partial charge in [-0.3, -0.25) is 0 Å². The Morgan fingerprint density at radius 1 is 1.50 bits per heavy atom. The van der Waals surface area contributed by atoms with Crippen LogP contribution in [0.1, 0.15) is 25.5 Å². The summed E-state index contributed by atoms with van der Waals surface area (Å²) in [5, 5.41) is 6.58. The van der Waals surface area contributed by atoms with Crippen LogP contribution >= 0.6 is 11.3 Å². The smallest absolute Gasteiger partial charge is 0.185 e. The molecule has 1 aromatic heterocycles. The first kappa shape index (κ1) is 11.5. The minimum atomic E-state index is 0.893. The number of unbranched alkanes of at least 4 members (excludes halogenated alkanes) is 1. The van der Waals surface area contributed by atoms with Gasteiger partial charge in [-0.15, -0.1) is 11.3 Å². The maximum absolute atomic E-state index is 4.49. The fraction of sp³-hybridized carbons (Fsp3) is 0.700. The first-order valence-electron chi connectivity index (χ1n) is 5.06. The van der Waals surface area contributed by atoms with E-state index in [4.69, 9.17) is 0 Å². The molecule has 0 aliphatic heterocycles. The molecule has 0 saturated heterocycles. The molecule has 4 heteroatoms. The Hall–Kier alpha value is -0.610. The molecule has 0 atom stereocenters. The summed E-state index contributed by atoms with van der Waals surface area (Å²) in [5.41, 5.74) is 1.15. The predicted octanol–water partition coefficient (Wildman–Crippen LogP) is 2.10. The van der Waals surface area contributed by atoms with Gasteiger partial charge in [0, 0.05) is 26.0 Å². The highest BCUT2D eigenvalue weighted by atomic mass is 32.1. The molecular weight excluding hydrogens is 194 g/mol. The number of rotatable bonds is 6. The Bertz CT molecular complexity index is 258. The summed E-state index contributed by atoms with van der Waals surface area (Å²) in [6, 6.07) is 0. The number of nitrogens with zero attached hydrogens (tertiary/aromatic N) is 2. The molecular formula is C10H19N3S. The van der Waals surface area contributed by atoms with Crippen LogP contribution in [0.25, 0.3) is 0 Å². The summed E-state index contributed by atoms with van der Waals surface area (Å²) in [5.74, 6) is 0. The van der Waals surface area contributed by atoms with Crippen molar-refractivity contribution in [3.05, 3.63) is 11.1 Å². The van der Waals surface area contributed by atoms with Crippen molar-refractivity contribution in [3.63, 3.8) is 0 Å². The molecule has 0 unspecified atom stereocenters. The number of aromatic nitrogens is 1. The van der Waals surface area contributed by atoms with Crippen molar-refractivity contribution in [1.29, 1.82) is 0 Å². The second-order valence-electron chi connectivity index (χ2n) is 3.55. The summed E-state index contributed by atoms with van der Waals surface area (Å²) in [7, 11) is 4.04. The molecule has 0 fully saturated rings. The van der Waals surface area contributed by atoms with E-state index in [0.29, 0.717) is 0 Å². The first-order valence-corrected chi connectivity index (χ1v) is 5.94. The third-order valence-corrected chi connectivity index (χ3v) is 2.99. The molecule has 80 valence electrons. The van der Waals surface area contributed by atoms with Gasteiger partial charge in [-0.2, -0.15) is 0 Å². The zero-order valence-electron chi connectivity index (χ0n) is 9.21. The zero-order chi connectivity index (χ0) is 10.4. The van der Waals surface area contributed by atoms with Gasteiger partial charge in [-0.25, -0.2) is 4.98 Å². The van der Waals surface area contributed by atoms with Crippen molar-refractivity contribution in [2.24, 2.45) is 0 Å². The van der Waals surface area contributed by atoms with Gasteiger partial charge >= 0.3 is 0 Å². The third kappa shape index (κ3) is 3.64. The van der Waals surface area contributed by atoms with E-state index in [2.05, 4.69) is 22.6 Å². The van der Waals surface area contributed by atoms with Crippen molar-refractivity contribution in [1.82, 2.24) is 10.3 Å². The van der Waals surface area contributed by atoms with E-state index in [1.807, 2.05) is 19.0 Å². The molecule has 0 aliphatic rings. The number of nitrogens with one attached hydrogen (secondary N) is 1. The number of hydrogen-bond acceptors (Lipinski definition) is 4. The van der Waals surface area contributed by atoms with E-state index >= 15 is 0 Å². The Morgan fingerprint density at radius 3 is 2.86 bits per heavy atom. The minimum absolute atomic E-state index is 0.893. The quantitative estimate of drug-likeness (QED) is 0.734. The molecule has 0 amide bonds. The van der Waals surface area contributed by atoms with Crippen molar-refractivity contribution < 1.29 is 0 Å². The molecule has 0 saturated carbocycles. The third-order valence-electron chi connectivity index (χ3n) is 1.94. The lowest BCUT2D eigenvalue weighted by molar-refractivity contribution is 0.635. The summed E-state index contributed by atoms with van der Waals surface area (Å²) >= 11 is 1.70. The van der Waals surface area contributed by atoms with Crippen molar-refractivity contribution in [2.75, 3.05) is 25.5 Å². The van der Waals surface area contributed by atoms with Crippen LogP contribution in [-0.2, 0) is 6.54 Å². The molecule has 1 N–H and O–H groups in total. The van der Waals surface area contributed by atoms with Crippen molar-refractivity contribution >= 4 is 16.5 Å². The topological polar surface area (TPSA) is 28.2 Å². The summed E-state index contributed by atoms with van der Waals surface area (Å²) in [6.07, 6.45) is 2.48. The normalized spacial score (nSPS) is 10.5. The number of anilines is 1. The van der Waals surface area contributed by atoms with Crippen LogP contribution in [0.2, 0.25) is 0 Å². The Labute approximate surface area is 90.2 Å². The fourth-order valence-electron chi connectivity index (χ4n) is 1.10. The minimum Gasteiger partial charge on any atom is -0.354 e. The molecule has 0 radical (unpaired) electrons. The fourth-order valence-corrected chi connectivity index (χ4v) is 1.86. The standard InChI is InChI=1S/C10H19N3S/c1-4-5-6-11-7-9-8-14-10(12-9)13(2)3/h8,11H,4-7H2,1-3H3. The lowest BCUT2D eigenvalue weighted by atomic mass is 10.3. The lowest BCUT2D eigenvalue weighted by Crippen LogP contribution is -2.15. The van der Waals surface area contributed by atoms with Crippen LogP contribution in [0.15, 0.2) is 5.38 Å².